The Kier molecular flexibility index (Phi) is 2.63. The summed E-state index contributed by atoms with van der Waals surface area (Å²) in [4.78, 5) is 14.9. The van der Waals surface area contributed by atoms with Gasteiger partial charge in [0.1, 0.15) is 11.4 Å². The molecule has 20 heavy (non-hydrogen) atoms. The summed E-state index contributed by atoms with van der Waals surface area (Å²) in [6.45, 7) is 0. The number of hydrogen-bond donors (Lipinski definition) is 2. The summed E-state index contributed by atoms with van der Waals surface area (Å²) < 4.78 is 37.3. The van der Waals surface area contributed by atoms with E-state index in [2.05, 4.69) is 10.1 Å². The minimum Gasteiger partial charge on any atom is -0.352 e. The summed E-state index contributed by atoms with van der Waals surface area (Å²) in [5, 5.41) is 6.04. The number of ketones is 1. The van der Waals surface area contributed by atoms with E-state index in [1.807, 2.05) is 5.10 Å². The number of aromatic nitrogens is 3. The lowest BCUT2D eigenvalue weighted by Crippen LogP contribution is -2.05. The Morgan fingerprint density at radius 2 is 1.90 bits per heavy atom. The van der Waals surface area contributed by atoms with E-state index in [-0.39, 0.29) is 11.4 Å². The second kappa shape index (κ2) is 4.22. The van der Waals surface area contributed by atoms with E-state index in [1.165, 1.54) is 0 Å². The van der Waals surface area contributed by atoms with E-state index < -0.39 is 17.7 Å². The number of carbonyl (C=O) groups is 1. The van der Waals surface area contributed by atoms with Crippen molar-refractivity contribution < 1.29 is 18.0 Å². The van der Waals surface area contributed by atoms with Crippen molar-refractivity contribution in [1.82, 2.24) is 15.2 Å². The molecule has 3 rings (SSSR count). The summed E-state index contributed by atoms with van der Waals surface area (Å²) >= 11 is 0. The van der Waals surface area contributed by atoms with E-state index >= 15 is 0 Å². The van der Waals surface area contributed by atoms with Crippen LogP contribution in [0.15, 0.2) is 36.4 Å². The van der Waals surface area contributed by atoms with Crippen LogP contribution in [0.5, 0.6) is 0 Å². The van der Waals surface area contributed by atoms with Gasteiger partial charge in [0.25, 0.3) is 0 Å². The molecular formula is C13H8F3N3O. The van der Waals surface area contributed by atoms with Crippen molar-refractivity contribution in [3.05, 3.63) is 53.5 Å². The zero-order valence-electron chi connectivity index (χ0n) is 9.95. The molecular weight excluding hydrogens is 271 g/mol. The molecule has 0 unspecified atom stereocenters. The summed E-state index contributed by atoms with van der Waals surface area (Å²) in [7, 11) is 0. The van der Waals surface area contributed by atoms with Gasteiger partial charge in [0.15, 0.2) is 0 Å². The maximum absolute atomic E-state index is 12.4. The van der Waals surface area contributed by atoms with Gasteiger partial charge in [-0.3, -0.25) is 9.89 Å². The Bertz CT molecular complexity index is 752. The Labute approximate surface area is 110 Å². The van der Waals surface area contributed by atoms with Crippen LogP contribution in [0, 0.1) is 0 Å². The van der Waals surface area contributed by atoms with Crippen molar-refractivity contribution in [2.45, 2.75) is 6.18 Å². The van der Waals surface area contributed by atoms with Crippen molar-refractivity contribution in [1.29, 1.82) is 0 Å². The van der Waals surface area contributed by atoms with Gasteiger partial charge in [-0.1, -0.05) is 18.2 Å². The normalized spacial score (nSPS) is 11.9. The van der Waals surface area contributed by atoms with Gasteiger partial charge in [0, 0.05) is 10.9 Å². The number of benzene rings is 1. The molecule has 2 aromatic heterocycles. The topological polar surface area (TPSA) is 61.5 Å². The molecule has 4 nitrogen and oxygen atoms in total. The number of halogens is 3. The van der Waals surface area contributed by atoms with E-state index in [1.54, 1.807) is 30.3 Å². The Morgan fingerprint density at radius 3 is 2.55 bits per heavy atom. The minimum absolute atomic E-state index is 0.200. The molecule has 2 heterocycles. The molecule has 0 aliphatic heterocycles. The van der Waals surface area contributed by atoms with E-state index in [9.17, 15) is 18.0 Å². The molecule has 2 N–H and O–H groups in total. The molecule has 0 saturated carbocycles. The number of hydrogen-bond acceptors (Lipinski definition) is 2. The molecule has 0 atom stereocenters. The third-order valence-corrected chi connectivity index (χ3v) is 2.89. The maximum Gasteiger partial charge on any atom is 0.432 e. The zero-order chi connectivity index (χ0) is 14.3. The van der Waals surface area contributed by atoms with Gasteiger partial charge in [0.2, 0.25) is 5.78 Å². The number of fused-ring (bicyclic) bond motifs is 1. The second-order valence-electron chi connectivity index (χ2n) is 4.26. The van der Waals surface area contributed by atoms with E-state index in [0.29, 0.717) is 6.07 Å². The molecule has 102 valence electrons. The van der Waals surface area contributed by atoms with Crippen LogP contribution in [0.1, 0.15) is 21.9 Å². The number of carbonyl (C=O) groups excluding carboxylic acids is 1. The number of para-hydroxylation sites is 1. The average molecular weight is 279 g/mol. The van der Waals surface area contributed by atoms with Gasteiger partial charge < -0.3 is 4.98 Å². The lowest BCUT2D eigenvalue weighted by atomic mass is 10.2. The van der Waals surface area contributed by atoms with Crippen LogP contribution in [0.4, 0.5) is 13.2 Å². The third kappa shape index (κ3) is 2.07. The minimum atomic E-state index is -4.55. The van der Waals surface area contributed by atoms with Crippen molar-refractivity contribution >= 4 is 16.7 Å². The van der Waals surface area contributed by atoms with Gasteiger partial charge in [-0.05, 0) is 18.2 Å². The number of alkyl halides is 3. The molecule has 3 aromatic rings. The third-order valence-electron chi connectivity index (χ3n) is 2.89. The van der Waals surface area contributed by atoms with Crippen LogP contribution in [0.2, 0.25) is 0 Å². The quantitative estimate of drug-likeness (QED) is 0.708. The Balaban J connectivity index is 1.98. The smallest absolute Gasteiger partial charge is 0.352 e. The lowest BCUT2D eigenvalue weighted by molar-refractivity contribution is -0.141. The molecule has 0 bridgehead atoms. The fourth-order valence-electron chi connectivity index (χ4n) is 1.92. The predicted molar refractivity (Wildman–Crippen MR) is 65.3 cm³/mol. The highest BCUT2D eigenvalue weighted by molar-refractivity contribution is 6.09. The largest absolute Gasteiger partial charge is 0.432 e. The van der Waals surface area contributed by atoms with Crippen LogP contribution >= 0.6 is 0 Å². The van der Waals surface area contributed by atoms with Crippen molar-refractivity contribution in [3.63, 3.8) is 0 Å². The molecule has 0 saturated heterocycles. The maximum atomic E-state index is 12.4. The van der Waals surface area contributed by atoms with Gasteiger partial charge in [-0.25, -0.2) is 0 Å². The number of rotatable bonds is 2. The van der Waals surface area contributed by atoms with Crippen molar-refractivity contribution in [2.24, 2.45) is 0 Å². The van der Waals surface area contributed by atoms with Gasteiger partial charge >= 0.3 is 6.18 Å². The van der Waals surface area contributed by atoms with Crippen molar-refractivity contribution in [2.75, 3.05) is 0 Å². The molecule has 0 fully saturated rings. The van der Waals surface area contributed by atoms with Crippen LogP contribution in [-0.4, -0.2) is 21.0 Å². The molecule has 0 spiro atoms. The Morgan fingerprint density at radius 1 is 1.15 bits per heavy atom. The van der Waals surface area contributed by atoms with Crippen LogP contribution in [0.3, 0.4) is 0 Å². The molecule has 0 amide bonds. The summed E-state index contributed by atoms with van der Waals surface area (Å²) in [6.07, 6.45) is -4.55. The zero-order valence-corrected chi connectivity index (χ0v) is 9.95. The highest BCUT2D eigenvalue weighted by Gasteiger charge is 2.34. The molecule has 0 radical (unpaired) electrons. The van der Waals surface area contributed by atoms with E-state index in [0.717, 1.165) is 10.9 Å². The summed E-state index contributed by atoms with van der Waals surface area (Å²) in [5.41, 5.74) is -0.380. The second-order valence-corrected chi connectivity index (χ2v) is 4.26. The van der Waals surface area contributed by atoms with Gasteiger partial charge in [-0.2, -0.15) is 18.3 Å². The van der Waals surface area contributed by atoms with Gasteiger partial charge in [0.05, 0.1) is 5.69 Å². The first-order chi connectivity index (χ1) is 9.45. The number of nitrogens with zero attached hydrogens (tertiary/aromatic N) is 1. The molecule has 1 aromatic carbocycles. The van der Waals surface area contributed by atoms with E-state index in [4.69, 9.17) is 0 Å². The highest BCUT2D eigenvalue weighted by atomic mass is 19.4. The average Bonchev–Trinajstić information content (AvgIpc) is 3.04. The van der Waals surface area contributed by atoms with Crippen LogP contribution in [-0.2, 0) is 6.18 Å². The fourth-order valence-corrected chi connectivity index (χ4v) is 1.92. The molecule has 0 aliphatic rings. The SMILES string of the molecule is O=C(c1cc(C(F)(F)F)[nH]n1)c1cc2ccccc2[nH]1. The standard InChI is InChI=1S/C13H8F3N3O/c14-13(15,16)11-6-10(18-19-11)12(20)9-5-7-3-1-2-4-8(7)17-9/h1-6,17H,(H,18,19). The Hall–Kier alpha value is -2.57. The number of aromatic amines is 2. The predicted octanol–water partition coefficient (Wildman–Crippen LogP) is 3.14. The van der Waals surface area contributed by atoms with Crippen LogP contribution in [0.25, 0.3) is 10.9 Å². The summed E-state index contributed by atoms with van der Waals surface area (Å²) in [6, 6.07) is 9.46. The monoisotopic (exact) mass is 279 g/mol. The first-order valence-corrected chi connectivity index (χ1v) is 5.70. The molecule has 0 aliphatic carbocycles. The fraction of sp³-hybridized carbons (Fsp3) is 0.0769. The van der Waals surface area contributed by atoms with Gasteiger partial charge in [-0.15, -0.1) is 0 Å². The first kappa shape index (κ1) is 12.5. The lowest BCUT2D eigenvalue weighted by Gasteiger charge is -1.99. The van der Waals surface area contributed by atoms with Crippen molar-refractivity contribution in [3.8, 4) is 0 Å². The number of H-pyrrole nitrogens is 2. The number of nitrogens with one attached hydrogen (secondary N) is 2. The highest BCUT2D eigenvalue weighted by Crippen LogP contribution is 2.28. The summed E-state index contributed by atoms with van der Waals surface area (Å²) in [5.74, 6) is -0.590. The first-order valence-electron chi connectivity index (χ1n) is 5.70. The van der Waals surface area contributed by atoms with Crippen LogP contribution < -0.4 is 0 Å². The molecule has 7 heteroatoms.